The predicted octanol–water partition coefficient (Wildman–Crippen LogP) is 0.710. The Hall–Kier alpha value is -0.910. The topological polar surface area (TPSA) is 59.6 Å². The van der Waals surface area contributed by atoms with Gasteiger partial charge in [-0.3, -0.25) is 4.79 Å². The summed E-state index contributed by atoms with van der Waals surface area (Å²) in [6, 6.07) is -0.167. The molecule has 1 atom stereocenters. The maximum absolute atomic E-state index is 11.5. The Morgan fingerprint density at radius 1 is 1.33 bits per heavy atom. The lowest BCUT2D eigenvalue weighted by Gasteiger charge is -2.13. The van der Waals surface area contributed by atoms with E-state index in [4.69, 9.17) is 9.47 Å². The summed E-state index contributed by atoms with van der Waals surface area (Å²) in [7, 11) is 1.66. The minimum Gasteiger partial charge on any atom is -0.382 e. The fourth-order valence-electron chi connectivity index (χ4n) is 1.31. The summed E-state index contributed by atoms with van der Waals surface area (Å²) in [4.78, 5) is 11.5. The molecular weight excluding hydrogens is 232 g/mol. The van der Waals surface area contributed by atoms with Gasteiger partial charge in [-0.2, -0.15) is 0 Å². The van der Waals surface area contributed by atoms with Gasteiger partial charge >= 0.3 is 0 Å². The van der Waals surface area contributed by atoms with E-state index in [1.54, 1.807) is 13.2 Å². The van der Waals surface area contributed by atoms with Gasteiger partial charge in [-0.1, -0.05) is 6.08 Å². The van der Waals surface area contributed by atoms with Crippen LogP contribution in [0.2, 0.25) is 0 Å². The van der Waals surface area contributed by atoms with Crippen LogP contribution in [0.1, 0.15) is 19.8 Å². The predicted molar refractivity (Wildman–Crippen MR) is 72.6 cm³/mol. The molecule has 18 heavy (non-hydrogen) atoms. The van der Waals surface area contributed by atoms with Crippen molar-refractivity contribution in [2.45, 2.75) is 25.8 Å². The maximum atomic E-state index is 11.5. The van der Waals surface area contributed by atoms with Gasteiger partial charge in [0.2, 0.25) is 5.91 Å². The summed E-state index contributed by atoms with van der Waals surface area (Å²) in [6.45, 7) is 8.75. The van der Waals surface area contributed by atoms with Crippen molar-refractivity contribution in [3.8, 4) is 0 Å². The zero-order chi connectivity index (χ0) is 13.6. The van der Waals surface area contributed by atoms with Crippen LogP contribution in [0, 0.1) is 0 Å². The Bertz CT molecular complexity index is 222. The fraction of sp³-hybridized carbons (Fsp3) is 0.769. The molecule has 1 unspecified atom stereocenters. The van der Waals surface area contributed by atoms with E-state index in [-0.39, 0.29) is 11.9 Å². The van der Waals surface area contributed by atoms with Gasteiger partial charge in [0.15, 0.2) is 0 Å². The van der Waals surface area contributed by atoms with E-state index in [0.29, 0.717) is 19.8 Å². The number of hydrogen-bond acceptors (Lipinski definition) is 4. The molecule has 0 rings (SSSR count). The van der Waals surface area contributed by atoms with E-state index in [9.17, 15) is 4.79 Å². The first-order chi connectivity index (χ1) is 8.72. The van der Waals surface area contributed by atoms with Gasteiger partial charge in [0.05, 0.1) is 19.3 Å². The minimum absolute atomic E-state index is 0.00578. The van der Waals surface area contributed by atoms with Gasteiger partial charge in [0, 0.05) is 20.3 Å². The molecular formula is C13H26N2O3. The molecule has 1 amide bonds. The summed E-state index contributed by atoms with van der Waals surface area (Å²) >= 11 is 0. The monoisotopic (exact) mass is 258 g/mol. The first-order valence-corrected chi connectivity index (χ1v) is 6.41. The molecule has 5 nitrogen and oxygen atoms in total. The molecule has 106 valence electrons. The fourth-order valence-corrected chi connectivity index (χ4v) is 1.31. The molecule has 0 aromatic carbocycles. The summed E-state index contributed by atoms with van der Waals surface area (Å²) in [5, 5.41) is 5.92. The van der Waals surface area contributed by atoms with Crippen LogP contribution in [-0.2, 0) is 14.3 Å². The zero-order valence-corrected chi connectivity index (χ0v) is 11.5. The molecule has 0 aliphatic rings. The van der Waals surface area contributed by atoms with Crippen LogP contribution >= 0.6 is 0 Å². The van der Waals surface area contributed by atoms with E-state index >= 15 is 0 Å². The Morgan fingerprint density at radius 2 is 2.11 bits per heavy atom. The third-order valence-electron chi connectivity index (χ3n) is 2.41. The van der Waals surface area contributed by atoms with Gasteiger partial charge in [0.1, 0.15) is 0 Å². The second-order valence-electron chi connectivity index (χ2n) is 4.02. The molecule has 0 radical (unpaired) electrons. The normalized spacial score (nSPS) is 12.1. The van der Waals surface area contributed by atoms with Gasteiger partial charge in [-0.05, 0) is 26.3 Å². The third-order valence-corrected chi connectivity index (χ3v) is 2.41. The Balaban J connectivity index is 3.31. The third kappa shape index (κ3) is 10.3. The molecule has 0 aliphatic heterocycles. The van der Waals surface area contributed by atoms with Gasteiger partial charge in [-0.15, -0.1) is 6.58 Å². The average molecular weight is 258 g/mol. The highest BCUT2D eigenvalue weighted by atomic mass is 16.5. The van der Waals surface area contributed by atoms with Crippen molar-refractivity contribution in [2.75, 3.05) is 40.0 Å². The number of nitrogens with one attached hydrogen (secondary N) is 2. The summed E-state index contributed by atoms with van der Waals surface area (Å²) in [5.41, 5.74) is 0. The summed E-state index contributed by atoms with van der Waals surface area (Å²) in [5.74, 6) is 0.00578. The van der Waals surface area contributed by atoms with Crippen molar-refractivity contribution in [2.24, 2.45) is 0 Å². The lowest BCUT2D eigenvalue weighted by Crippen LogP contribution is -2.42. The van der Waals surface area contributed by atoms with Crippen LogP contribution in [0.4, 0.5) is 0 Å². The molecule has 5 heteroatoms. The smallest absolute Gasteiger partial charge is 0.237 e. The number of carbonyl (C=O) groups is 1. The number of methoxy groups -OCH3 is 1. The van der Waals surface area contributed by atoms with Crippen LogP contribution in [-0.4, -0.2) is 52.0 Å². The van der Waals surface area contributed by atoms with E-state index in [1.165, 1.54) is 0 Å². The second-order valence-corrected chi connectivity index (χ2v) is 4.02. The molecule has 2 N–H and O–H groups in total. The molecule has 0 bridgehead atoms. The highest BCUT2D eigenvalue weighted by Gasteiger charge is 2.09. The van der Waals surface area contributed by atoms with Gasteiger partial charge in [0.25, 0.3) is 0 Å². The standard InChI is InChI=1S/C13H26N2O3/c1-4-7-15-13(16)12(2)14-8-5-6-9-18-11-10-17-3/h4,12,14H,1,5-11H2,2-3H3,(H,15,16). The largest absolute Gasteiger partial charge is 0.382 e. The van der Waals surface area contributed by atoms with Crippen molar-refractivity contribution < 1.29 is 14.3 Å². The number of carbonyl (C=O) groups excluding carboxylic acids is 1. The average Bonchev–Trinajstić information content (AvgIpc) is 2.38. The first kappa shape index (κ1) is 17.1. The van der Waals surface area contributed by atoms with Crippen LogP contribution in [0.25, 0.3) is 0 Å². The maximum Gasteiger partial charge on any atom is 0.237 e. The molecule has 0 aromatic heterocycles. The van der Waals surface area contributed by atoms with E-state index in [0.717, 1.165) is 26.0 Å². The van der Waals surface area contributed by atoms with Crippen LogP contribution in [0.15, 0.2) is 12.7 Å². The van der Waals surface area contributed by atoms with Gasteiger partial charge in [-0.25, -0.2) is 0 Å². The van der Waals surface area contributed by atoms with Crippen LogP contribution in [0.5, 0.6) is 0 Å². The molecule has 0 spiro atoms. The van der Waals surface area contributed by atoms with E-state index in [2.05, 4.69) is 17.2 Å². The Morgan fingerprint density at radius 3 is 2.78 bits per heavy atom. The quantitative estimate of drug-likeness (QED) is 0.400. The van der Waals surface area contributed by atoms with Crippen LogP contribution < -0.4 is 10.6 Å². The highest BCUT2D eigenvalue weighted by molar-refractivity contribution is 5.81. The number of amides is 1. The molecule has 0 aliphatic carbocycles. The van der Waals surface area contributed by atoms with E-state index < -0.39 is 0 Å². The molecule has 0 aromatic rings. The highest BCUT2D eigenvalue weighted by Crippen LogP contribution is 1.90. The second kappa shape index (κ2) is 12.5. The molecule has 0 saturated heterocycles. The van der Waals surface area contributed by atoms with E-state index in [1.807, 2.05) is 6.92 Å². The Labute approximate surface area is 110 Å². The lowest BCUT2D eigenvalue weighted by atomic mass is 10.2. The van der Waals surface area contributed by atoms with Crippen molar-refractivity contribution >= 4 is 5.91 Å². The zero-order valence-electron chi connectivity index (χ0n) is 11.5. The lowest BCUT2D eigenvalue weighted by molar-refractivity contribution is -0.122. The SMILES string of the molecule is C=CCNC(=O)C(C)NCCCCOCCOC. The molecule has 0 heterocycles. The number of ether oxygens (including phenoxy) is 2. The molecule has 0 fully saturated rings. The Kier molecular flexibility index (Phi) is 11.9. The summed E-state index contributed by atoms with van der Waals surface area (Å²) < 4.78 is 10.2. The van der Waals surface area contributed by atoms with Crippen LogP contribution in [0.3, 0.4) is 0 Å². The number of unbranched alkanes of at least 4 members (excludes halogenated alkanes) is 1. The first-order valence-electron chi connectivity index (χ1n) is 6.41. The van der Waals surface area contributed by atoms with Crippen molar-refractivity contribution in [1.82, 2.24) is 10.6 Å². The minimum atomic E-state index is -0.167. The van der Waals surface area contributed by atoms with Gasteiger partial charge < -0.3 is 20.1 Å². The van der Waals surface area contributed by atoms with Crippen molar-refractivity contribution in [3.05, 3.63) is 12.7 Å². The van der Waals surface area contributed by atoms with Crippen molar-refractivity contribution in [3.63, 3.8) is 0 Å². The van der Waals surface area contributed by atoms with Crippen molar-refractivity contribution in [1.29, 1.82) is 0 Å². The number of hydrogen-bond donors (Lipinski definition) is 2. The molecule has 0 saturated carbocycles. The summed E-state index contributed by atoms with van der Waals surface area (Å²) in [6.07, 6.45) is 3.64. The number of rotatable bonds is 12.